The van der Waals surface area contributed by atoms with Crippen LogP contribution in [0, 0.1) is 0 Å². The SMILES string of the molecule is CCCc1ccc(CNC2CCN(S(=O)(=O)c3ccc(CNC(=O)c4ccc(Cl)cc4)s3)CC2)cc1.COc1cccc(C(=O)NCc2ccc(S(=O)(=O)N3CCC(NCc4ccc5c(c4)CCO5)CC3)s2)c1. The van der Waals surface area contributed by atoms with Gasteiger partial charge in [-0.1, -0.05) is 67.4 Å². The van der Waals surface area contributed by atoms with E-state index < -0.39 is 20.0 Å². The van der Waals surface area contributed by atoms with Crippen LogP contribution >= 0.6 is 34.3 Å². The van der Waals surface area contributed by atoms with Crippen LogP contribution < -0.4 is 30.7 Å². The van der Waals surface area contributed by atoms with E-state index in [1.807, 2.05) is 6.07 Å². The number of halogens is 1. The zero-order valence-corrected chi connectivity index (χ0v) is 45.1. The minimum Gasteiger partial charge on any atom is -0.497 e. The smallest absolute Gasteiger partial charge is 0.252 e. The van der Waals surface area contributed by atoms with Gasteiger partial charge in [-0.2, -0.15) is 8.61 Å². The van der Waals surface area contributed by atoms with Crippen LogP contribution in [-0.2, 0) is 59.1 Å². The summed E-state index contributed by atoms with van der Waals surface area (Å²) in [6, 6.07) is 36.0. The third-order valence-electron chi connectivity index (χ3n) is 13.2. The van der Waals surface area contributed by atoms with Crippen LogP contribution in [0.2, 0.25) is 5.02 Å². The summed E-state index contributed by atoms with van der Waals surface area (Å²) in [5.74, 6) is 1.13. The summed E-state index contributed by atoms with van der Waals surface area (Å²) in [5, 5.41) is 13.4. The third kappa shape index (κ3) is 14.6. The van der Waals surface area contributed by atoms with E-state index >= 15 is 0 Å². The Labute approximate surface area is 442 Å². The predicted octanol–water partition coefficient (Wildman–Crippen LogP) is 8.79. The summed E-state index contributed by atoms with van der Waals surface area (Å²) in [6.45, 7) is 6.98. The standard InChI is InChI=1S/C27H32ClN3O3S2.C27H31N3O5S2/c1-2-3-20-4-6-21(7-5-20)18-29-24-14-16-31(17-15-24)36(33,34)26-13-12-25(35-26)19-30-27(32)22-8-10-23(28)11-9-22;1-34-23-4-2-3-21(16-23)27(31)29-18-24-6-8-26(36-24)37(32,33)30-12-9-22(10-13-30)28-17-19-5-7-25-20(15-19)11-14-35-25/h4-13,24,29H,2-3,14-19H2,1H3,(H,30,32);2-8,15-16,22,28H,9-14,17-18H2,1H3,(H,29,31). The topological polar surface area (TPSA) is 175 Å². The van der Waals surface area contributed by atoms with Gasteiger partial charge in [-0.25, -0.2) is 16.8 Å². The normalized spacial score (nSPS) is 15.7. The van der Waals surface area contributed by atoms with Gasteiger partial charge in [0.2, 0.25) is 0 Å². The number of nitrogens with one attached hydrogen (secondary N) is 4. The molecule has 0 radical (unpaired) electrons. The van der Waals surface area contributed by atoms with Gasteiger partial charge in [0.05, 0.1) is 26.8 Å². The van der Waals surface area contributed by atoms with E-state index in [4.69, 9.17) is 21.1 Å². The van der Waals surface area contributed by atoms with Crippen molar-refractivity contribution in [1.29, 1.82) is 0 Å². The number of fused-ring (bicyclic) bond motifs is 1. The second-order valence-corrected chi connectivity index (χ2v) is 25.4. The second-order valence-electron chi connectivity index (χ2n) is 18.3. The average Bonchev–Trinajstić information content (AvgIpc) is 4.22. The minimum absolute atomic E-state index is 0.226. The number of methoxy groups -OCH3 is 1. The van der Waals surface area contributed by atoms with Crippen LogP contribution in [0.3, 0.4) is 0 Å². The first kappa shape index (κ1) is 54.1. The number of sulfonamides is 2. The molecule has 2 aromatic heterocycles. The summed E-state index contributed by atoms with van der Waals surface area (Å²) in [5.41, 5.74) is 6.10. The summed E-state index contributed by atoms with van der Waals surface area (Å²) >= 11 is 8.27. The lowest BCUT2D eigenvalue weighted by Gasteiger charge is -2.31. The number of ether oxygens (including phenoxy) is 2. The van der Waals surface area contributed by atoms with E-state index in [9.17, 15) is 26.4 Å². The highest BCUT2D eigenvalue weighted by Crippen LogP contribution is 2.30. The lowest BCUT2D eigenvalue weighted by molar-refractivity contribution is 0.0943. The summed E-state index contributed by atoms with van der Waals surface area (Å²) in [4.78, 5) is 26.3. The van der Waals surface area contributed by atoms with E-state index in [0.717, 1.165) is 80.1 Å². The van der Waals surface area contributed by atoms with Gasteiger partial charge >= 0.3 is 0 Å². The molecular weight excluding hydrogens is 1020 g/mol. The van der Waals surface area contributed by atoms with E-state index in [2.05, 4.69) is 64.6 Å². The number of amides is 2. The van der Waals surface area contributed by atoms with Crippen LogP contribution in [0.1, 0.15) is 91.8 Å². The van der Waals surface area contributed by atoms with Gasteiger partial charge < -0.3 is 30.7 Å². The Morgan fingerprint density at radius 2 is 1.18 bits per heavy atom. The number of carbonyl (C=O) groups excluding carboxylic acids is 2. The molecule has 0 bridgehead atoms. The van der Waals surface area contributed by atoms with Gasteiger partial charge in [0.1, 0.15) is 19.9 Å². The van der Waals surface area contributed by atoms with Gasteiger partial charge in [0.15, 0.2) is 0 Å². The number of thiophene rings is 2. The number of piperidine rings is 2. The molecule has 73 heavy (non-hydrogen) atoms. The maximum absolute atomic E-state index is 13.2. The highest BCUT2D eigenvalue weighted by molar-refractivity contribution is 7.91. The molecule has 388 valence electrons. The molecule has 9 rings (SSSR count). The van der Waals surface area contributed by atoms with Crippen molar-refractivity contribution in [3.63, 3.8) is 0 Å². The number of benzene rings is 4. The van der Waals surface area contributed by atoms with Crippen molar-refractivity contribution in [2.75, 3.05) is 39.9 Å². The third-order valence-corrected chi connectivity index (χ3v) is 20.3. The predicted molar refractivity (Wildman–Crippen MR) is 289 cm³/mol. The molecule has 0 saturated carbocycles. The van der Waals surface area contributed by atoms with E-state index in [1.54, 1.807) is 88.5 Å². The molecule has 19 heteroatoms. The molecule has 2 saturated heterocycles. The fraction of sp³-hybridized carbons (Fsp3) is 0.370. The lowest BCUT2D eigenvalue weighted by Crippen LogP contribution is -2.44. The van der Waals surface area contributed by atoms with Crippen molar-refractivity contribution in [2.45, 2.75) is 98.6 Å². The van der Waals surface area contributed by atoms with Crippen molar-refractivity contribution in [1.82, 2.24) is 29.9 Å². The van der Waals surface area contributed by atoms with E-state index in [0.29, 0.717) is 62.5 Å². The summed E-state index contributed by atoms with van der Waals surface area (Å²) in [6.07, 6.45) is 6.30. The van der Waals surface area contributed by atoms with Gasteiger partial charge in [-0.05, 0) is 127 Å². The number of rotatable bonds is 19. The number of hydrogen-bond acceptors (Lipinski definition) is 12. The minimum atomic E-state index is -3.56. The molecule has 2 amide bonds. The fourth-order valence-corrected chi connectivity index (χ4v) is 14.9. The summed E-state index contributed by atoms with van der Waals surface area (Å²) < 4.78 is 67.3. The van der Waals surface area contributed by atoms with Gasteiger partial charge in [-0.15, -0.1) is 22.7 Å². The highest BCUT2D eigenvalue weighted by Gasteiger charge is 2.32. The molecule has 6 aromatic rings. The molecule has 4 aromatic carbocycles. The van der Waals surface area contributed by atoms with E-state index in [1.165, 1.54) is 44.9 Å². The zero-order valence-electron chi connectivity index (χ0n) is 41.1. The molecule has 0 unspecified atom stereocenters. The first-order valence-electron chi connectivity index (χ1n) is 24.7. The fourth-order valence-electron chi connectivity index (χ4n) is 8.93. The molecule has 2 fully saturated rings. The van der Waals surface area contributed by atoms with Crippen molar-refractivity contribution in [3.8, 4) is 11.5 Å². The molecule has 14 nitrogen and oxygen atoms in total. The molecule has 0 aliphatic carbocycles. The monoisotopic (exact) mass is 1090 g/mol. The van der Waals surface area contributed by atoms with Gasteiger partial charge in [0, 0.05) is 83.7 Å². The number of aryl methyl sites for hydroxylation is 1. The van der Waals surface area contributed by atoms with Crippen molar-refractivity contribution >= 4 is 66.1 Å². The Bertz CT molecular complexity index is 3020. The molecule has 3 aliphatic rings. The van der Waals surface area contributed by atoms with Crippen LogP contribution in [0.25, 0.3) is 0 Å². The largest absolute Gasteiger partial charge is 0.497 e. The maximum Gasteiger partial charge on any atom is 0.252 e. The van der Waals surface area contributed by atoms with Crippen LogP contribution in [-0.4, -0.2) is 89.2 Å². The maximum atomic E-state index is 13.2. The Balaban J connectivity index is 0.000000195. The summed E-state index contributed by atoms with van der Waals surface area (Å²) in [7, 11) is -5.55. The molecular formula is C54H63ClN6O8S4. The van der Waals surface area contributed by atoms with Crippen LogP contribution in [0.4, 0.5) is 0 Å². The van der Waals surface area contributed by atoms with Crippen LogP contribution in [0.5, 0.6) is 11.5 Å². The first-order chi connectivity index (χ1) is 35.3. The molecule has 5 heterocycles. The Kier molecular flexibility index (Phi) is 18.8. The Morgan fingerprint density at radius 1 is 0.644 bits per heavy atom. The lowest BCUT2D eigenvalue weighted by atomic mass is 10.1. The molecule has 0 spiro atoms. The second kappa shape index (κ2) is 25.4. The average molecular weight is 1090 g/mol. The molecule has 4 N–H and O–H groups in total. The van der Waals surface area contributed by atoms with Crippen molar-refractivity contribution in [2.24, 2.45) is 0 Å². The zero-order chi connectivity index (χ0) is 51.4. The highest BCUT2D eigenvalue weighted by atomic mass is 35.5. The van der Waals surface area contributed by atoms with Crippen molar-refractivity contribution < 1.29 is 35.9 Å². The number of carbonyl (C=O) groups is 2. The Morgan fingerprint density at radius 3 is 1.74 bits per heavy atom. The quantitative estimate of drug-likeness (QED) is 0.0614. The van der Waals surface area contributed by atoms with Crippen LogP contribution in [0.15, 0.2) is 124 Å². The molecule has 0 atom stereocenters. The van der Waals surface area contributed by atoms with Crippen molar-refractivity contribution in [3.05, 3.63) is 163 Å². The first-order valence-corrected chi connectivity index (χ1v) is 29.6. The van der Waals surface area contributed by atoms with E-state index in [-0.39, 0.29) is 30.9 Å². The van der Waals surface area contributed by atoms with Gasteiger partial charge in [0.25, 0.3) is 31.9 Å². The van der Waals surface area contributed by atoms with Gasteiger partial charge in [-0.3, -0.25) is 9.59 Å². The number of nitrogens with zero attached hydrogens (tertiary/aromatic N) is 2. The number of hydrogen-bond donors (Lipinski definition) is 4. The Hall–Kier alpha value is -5.15. The molecule has 3 aliphatic heterocycles.